The molecule has 0 spiro atoms. The van der Waals surface area contributed by atoms with Crippen molar-refractivity contribution in [3.05, 3.63) is 82.9 Å². The summed E-state index contributed by atoms with van der Waals surface area (Å²) < 4.78 is 13.2. The molecule has 1 aliphatic heterocycles. The van der Waals surface area contributed by atoms with Gasteiger partial charge in [-0.25, -0.2) is 0 Å². The van der Waals surface area contributed by atoms with Crippen molar-refractivity contribution in [3.63, 3.8) is 0 Å². The molecule has 0 unspecified atom stereocenters. The molecule has 0 saturated carbocycles. The van der Waals surface area contributed by atoms with Gasteiger partial charge in [0.25, 0.3) is 0 Å². The molecule has 30 heavy (non-hydrogen) atoms. The third-order valence-electron chi connectivity index (χ3n) is 5.62. The van der Waals surface area contributed by atoms with E-state index in [-0.39, 0.29) is 5.78 Å². The van der Waals surface area contributed by atoms with Gasteiger partial charge in [-0.1, -0.05) is 36.4 Å². The first-order chi connectivity index (χ1) is 14.7. The van der Waals surface area contributed by atoms with E-state index in [2.05, 4.69) is 16.7 Å². The average Bonchev–Trinajstić information content (AvgIpc) is 3.46. The van der Waals surface area contributed by atoms with Crippen LogP contribution in [-0.4, -0.2) is 24.6 Å². The zero-order valence-corrected chi connectivity index (χ0v) is 17.7. The van der Waals surface area contributed by atoms with E-state index in [1.807, 2.05) is 53.9 Å². The van der Waals surface area contributed by atoms with Crippen LogP contribution in [0.2, 0.25) is 0 Å². The zero-order chi connectivity index (χ0) is 20.7. The largest absolute Gasteiger partial charge is 0.493 e. The summed E-state index contributed by atoms with van der Waals surface area (Å²) in [6.07, 6.45) is 0.830. The molecule has 0 N–H and O–H groups in total. The first kappa shape index (κ1) is 18.7. The molecular weight excluding hydrogens is 394 g/mol. The minimum absolute atomic E-state index is 0.0502. The average molecular weight is 416 g/mol. The lowest BCUT2D eigenvalue weighted by atomic mass is 9.97. The van der Waals surface area contributed by atoms with Gasteiger partial charge >= 0.3 is 0 Å². The molecule has 150 valence electrons. The number of benzene rings is 2. The first-order valence-corrected chi connectivity index (χ1v) is 10.7. The molecule has 2 aromatic carbocycles. The van der Waals surface area contributed by atoms with E-state index in [9.17, 15) is 4.79 Å². The Bertz CT molecular complexity index is 1220. The van der Waals surface area contributed by atoms with Crippen LogP contribution in [0.3, 0.4) is 0 Å². The van der Waals surface area contributed by atoms with Crippen molar-refractivity contribution in [3.8, 4) is 33.2 Å². The number of hydrogen-bond donors (Lipinski definition) is 0. The van der Waals surface area contributed by atoms with E-state index in [4.69, 9.17) is 9.47 Å². The number of rotatable bonds is 5. The van der Waals surface area contributed by atoms with E-state index in [1.165, 1.54) is 5.56 Å². The van der Waals surface area contributed by atoms with Crippen molar-refractivity contribution in [2.24, 2.45) is 0 Å². The Kier molecular flexibility index (Phi) is 4.68. The Labute approximate surface area is 179 Å². The van der Waals surface area contributed by atoms with Crippen molar-refractivity contribution in [2.45, 2.75) is 13.0 Å². The van der Waals surface area contributed by atoms with Crippen LogP contribution in [0.25, 0.3) is 21.7 Å². The first-order valence-electron chi connectivity index (χ1n) is 9.83. The van der Waals surface area contributed by atoms with Crippen LogP contribution in [0.1, 0.15) is 21.6 Å². The normalized spacial score (nSPS) is 12.2. The molecule has 1 aliphatic rings. The lowest BCUT2D eigenvalue weighted by molar-refractivity contribution is 0.103. The number of nitrogens with zero attached hydrogens (tertiary/aromatic N) is 1. The van der Waals surface area contributed by atoms with Crippen LogP contribution < -0.4 is 9.47 Å². The van der Waals surface area contributed by atoms with Crippen molar-refractivity contribution in [1.82, 2.24) is 4.57 Å². The summed E-state index contributed by atoms with van der Waals surface area (Å²) in [5.41, 5.74) is 5.77. The number of thiophene rings is 1. The van der Waals surface area contributed by atoms with Gasteiger partial charge in [0.15, 0.2) is 11.5 Å². The highest BCUT2D eigenvalue weighted by atomic mass is 32.1. The smallest absolute Gasteiger partial charge is 0.210 e. The number of methoxy groups -OCH3 is 2. The second-order valence-electron chi connectivity index (χ2n) is 7.23. The van der Waals surface area contributed by atoms with Gasteiger partial charge in [0.05, 0.1) is 19.9 Å². The fraction of sp³-hybridized carbons (Fsp3) is 0.160. The minimum Gasteiger partial charge on any atom is -0.493 e. The van der Waals surface area contributed by atoms with E-state index < -0.39 is 0 Å². The molecule has 0 atom stereocenters. The Morgan fingerprint density at radius 1 is 0.933 bits per heavy atom. The van der Waals surface area contributed by atoms with Gasteiger partial charge in [-0.2, -0.15) is 0 Å². The second kappa shape index (κ2) is 7.50. The quantitative estimate of drug-likeness (QED) is 0.393. The maximum absolute atomic E-state index is 13.6. The van der Waals surface area contributed by atoms with Gasteiger partial charge in [-0.05, 0) is 41.6 Å². The summed E-state index contributed by atoms with van der Waals surface area (Å²) in [7, 11) is 3.30. The molecule has 0 amide bonds. The summed E-state index contributed by atoms with van der Waals surface area (Å²) >= 11 is 1.65. The van der Waals surface area contributed by atoms with Crippen molar-refractivity contribution in [1.29, 1.82) is 0 Å². The monoisotopic (exact) mass is 415 g/mol. The lowest BCUT2D eigenvalue weighted by Gasteiger charge is -2.23. The third-order valence-corrected chi connectivity index (χ3v) is 6.53. The highest BCUT2D eigenvalue weighted by Gasteiger charge is 2.28. The number of aryl methyl sites for hydroxylation is 1. The van der Waals surface area contributed by atoms with Crippen LogP contribution in [0.4, 0.5) is 0 Å². The topological polar surface area (TPSA) is 40.5 Å². The van der Waals surface area contributed by atoms with Crippen molar-refractivity contribution >= 4 is 17.1 Å². The molecule has 5 rings (SSSR count). The van der Waals surface area contributed by atoms with E-state index >= 15 is 0 Å². The van der Waals surface area contributed by atoms with Crippen molar-refractivity contribution < 1.29 is 14.3 Å². The van der Waals surface area contributed by atoms with Crippen LogP contribution in [-0.2, 0) is 13.0 Å². The second-order valence-corrected chi connectivity index (χ2v) is 8.18. The molecule has 0 bridgehead atoms. The van der Waals surface area contributed by atoms with Gasteiger partial charge < -0.3 is 14.0 Å². The molecule has 5 heteroatoms. The van der Waals surface area contributed by atoms with E-state index in [1.54, 1.807) is 25.6 Å². The van der Waals surface area contributed by atoms with E-state index in [0.717, 1.165) is 46.1 Å². The SMILES string of the molecule is COc1cc2c(cc1OC)-c1cc(-c3cccs3)c(C(=O)c3ccccc3)n1CC2. The predicted octanol–water partition coefficient (Wildman–Crippen LogP) is 5.69. The summed E-state index contributed by atoms with van der Waals surface area (Å²) in [5.74, 6) is 1.48. The van der Waals surface area contributed by atoms with Gasteiger partial charge in [-0.15, -0.1) is 11.3 Å². The Balaban J connectivity index is 1.74. The molecule has 2 aromatic heterocycles. The molecule has 4 nitrogen and oxygen atoms in total. The molecule has 0 aliphatic carbocycles. The summed E-state index contributed by atoms with van der Waals surface area (Å²) in [6, 6.07) is 19.8. The molecule has 3 heterocycles. The number of ketones is 1. The van der Waals surface area contributed by atoms with Gasteiger partial charge in [0.2, 0.25) is 5.78 Å². The third kappa shape index (κ3) is 2.94. The summed E-state index contributed by atoms with van der Waals surface area (Å²) in [4.78, 5) is 14.7. The lowest BCUT2D eigenvalue weighted by Crippen LogP contribution is -2.17. The summed E-state index contributed by atoms with van der Waals surface area (Å²) in [6.45, 7) is 0.747. The highest BCUT2D eigenvalue weighted by Crippen LogP contribution is 2.43. The summed E-state index contributed by atoms with van der Waals surface area (Å²) in [5, 5.41) is 2.05. The number of hydrogen-bond acceptors (Lipinski definition) is 4. The number of ether oxygens (including phenoxy) is 2. The van der Waals surface area contributed by atoms with Gasteiger partial charge in [0, 0.05) is 33.8 Å². The Morgan fingerprint density at radius 3 is 2.40 bits per heavy atom. The fourth-order valence-electron chi connectivity index (χ4n) is 4.19. The number of carbonyl (C=O) groups excluding carboxylic acids is 1. The zero-order valence-electron chi connectivity index (χ0n) is 16.8. The molecule has 0 saturated heterocycles. The maximum Gasteiger partial charge on any atom is 0.210 e. The Morgan fingerprint density at radius 2 is 1.70 bits per heavy atom. The predicted molar refractivity (Wildman–Crippen MR) is 120 cm³/mol. The van der Waals surface area contributed by atoms with Gasteiger partial charge in [0.1, 0.15) is 0 Å². The van der Waals surface area contributed by atoms with Gasteiger partial charge in [-0.3, -0.25) is 4.79 Å². The number of carbonyl (C=O) groups is 1. The maximum atomic E-state index is 13.6. The molecule has 0 radical (unpaired) electrons. The van der Waals surface area contributed by atoms with Crippen LogP contribution >= 0.6 is 11.3 Å². The van der Waals surface area contributed by atoms with Crippen LogP contribution in [0.15, 0.2) is 66.0 Å². The molecule has 0 fully saturated rings. The molecule has 4 aromatic rings. The van der Waals surface area contributed by atoms with Crippen LogP contribution in [0.5, 0.6) is 11.5 Å². The minimum atomic E-state index is 0.0502. The van der Waals surface area contributed by atoms with E-state index in [0.29, 0.717) is 11.3 Å². The fourth-order valence-corrected chi connectivity index (χ4v) is 4.94. The molecular formula is C25H21NO3S. The standard InChI is InChI=1S/C25H21NO3S/c1-28-21-13-17-10-11-26-20(18(17)15-22(21)29-2)14-19(23-9-6-12-30-23)24(26)25(27)16-7-4-3-5-8-16/h3-9,12-15H,10-11H2,1-2H3. The van der Waals surface area contributed by atoms with Crippen molar-refractivity contribution in [2.75, 3.05) is 14.2 Å². The Hall–Kier alpha value is -3.31. The van der Waals surface area contributed by atoms with Crippen LogP contribution in [0, 0.1) is 0 Å². The number of aromatic nitrogens is 1. The number of fused-ring (bicyclic) bond motifs is 3. The highest BCUT2D eigenvalue weighted by molar-refractivity contribution is 7.13.